The van der Waals surface area contributed by atoms with Gasteiger partial charge in [0.1, 0.15) is 16.3 Å². The molecule has 1 aliphatic rings. The lowest BCUT2D eigenvalue weighted by Gasteiger charge is -2.24. The van der Waals surface area contributed by atoms with E-state index >= 15 is 0 Å². The Morgan fingerprint density at radius 1 is 1.25 bits per heavy atom. The molecule has 0 spiro atoms. The number of anilines is 1. The zero-order valence-corrected chi connectivity index (χ0v) is 14.5. The Bertz CT molecular complexity index is 932. The lowest BCUT2D eigenvalue weighted by atomic mass is 10.1. The molecule has 120 valence electrons. The largest absolute Gasteiger partial charge is 0.279 e. The predicted octanol–water partition coefficient (Wildman–Crippen LogP) is 4.37. The van der Waals surface area contributed by atoms with Crippen molar-refractivity contribution in [3.05, 3.63) is 64.9 Å². The van der Waals surface area contributed by atoms with Crippen LogP contribution in [0, 0.1) is 6.92 Å². The summed E-state index contributed by atoms with van der Waals surface area (Å²) in [5.74, 6) is 1.07. The number of aromatic nitrogens is 2. The summed E-state index contributed by atoms with van der Waals surface area (Å²) in [5.41, 5.74) is 2.82. The van der Waals surface area contributed by atoms with E-state index in [9.17, 15) is 4.79 Å². The van der Waals surface area contributed by atoms with Crippen molar-refractivity contribution in [3.8, 4) is 0 Å². The quantitative estimate of drug-likeness (QED) is 0.640. The van der Waals surface area contributed by atoms with E-state index in [1.54, 1.807) is 22.9 Å². The van der Waals surface area contributed by atoms with Gasteiger partial charge >= 0.3 is 0 Å². The molecule has 3 heterocycles. The van der Waals surface area contributed by atoms with Gasteiger partial charge in [0.15, 0.2) is 0 Å². The number of fused-ring (bicyclic) bond motifs is 1. The number of hydrogen-bond donors (Lipinski definition) is 0. The summed E-state index contributed by atoms with van der Waals surface area (Å²) in [6.07, 6.45) is 1.69. The molecule has 1 aromatic carbocycles. The lowest BCUT2D eigenvalue weighted by molar-refractivity contribution is -0.115. The van der Waals surface area contributed by atoms with Crippen LogP contribution in [0.5, 0.6) is 0 Å². The van der Waals surface area contributed by atoms with Gasteiger partial charge in [-0.1, -0.05) is 35.9 Å². The highest BCUT2D eigenvalue weighted by Gasteiger charge is 2.36. The summed E-state index contributed by atoms with van der Waals surface area (Å²) in [6.45, 7) is 2.01. The summed E-state index contributed by atoms with van der Waals surface area (Å²) in [7, 11) is 0. The zero-order valence-electron chi connectivity index (χ0n) is 12.9. The minimum absolute atomic E-state index is 0.0316. The van der Waals surface area contributed by atoms with Crippen LogP contribution in [0.3, 0.4) is 0 Å². The van der Waals surface area contributed by atoms with Gasteiger partial charge in [-0.15, -0.1) is 11.8 Å². The van der Waals surface area contributed by atoms with Crippen molar-refractivity contribution >= 4 is 46.0 Å². The normalized spacial score (nSPS) is 17.7. The third kappa shape index (κ3) is 2.54. The Kier molecular flexibility index (Phi) is 3.90. The number of aryl methyl sites for hydroxylation is 1. The van der Waals surface area contributed by atoms with Gasteiger partial charge < -0.3 is 0 Å². The number of nitrogens with zero attached hydrogens (tertiary/aromatic N) is 3. The number of carbonyl (C=O) groups excluding carboxylic acids is 1. The van der Waals surface area contributed by atoms with Gasteiger partial charge in [-0.05, 0) is 30.7 Å². The minimum atomic E-state index is -0.211. The van der Waals surface area contributed by atoms with Gasteiger partial charge in [0.2, 0.25) is 5.91 Å². The van der Waals surface area contributed by atoms with Gasteiger partial charge in [-0.3, -0.25) is 9.69 Å². The fraction of sp³-hybridized carbons (Fsp3) is 0.167. The Morgan fingerprint density at radius 3 is 2.92 bits per heavy atom. The van der Waals surface area contributed by atoms with Crippen molar-refractivity contribution in [2.75, 3.05) is 10.7 Å². The van der Waals surface area contributed by atoms with Gasteiger partial charge in [0.05, 0.1) is 11.3 Å². The topological polar surface area (TPSA) is 46.1 Å². The standard InChI is InChI=1S/C18H14ClN3OS/c1-11-5-4-6-12-9-13(17(19)21-16(11)12)18-22(15(23)10-24-18)14-7-2-3-8-20-14/h2-9,18H,10H2,1H3. The summed E-state index contributed by atoms with van der Waals surface area (Å²) in [4.78, 5) is 23.0. The van der Waals surface area contributed by atoms with Crippen LogP contribution in [0.15, 0.2) is 48.7 Å². The number of halogens is 1. The zero-order chi connectivity index (χ0) is 16.7. The summed E-state index contributed by atoms with van der Waals surface area (Å²) in [5, 5.41) is 1.25. The van der Waals surface area contributed by atoms with Crippen LogP contribution in [-0.2, 0) is 4.79 Å². The third-order valence-electron chi connectivity index (χ3n) is 4.06. The number of thioether (sulfide) groups is 1. The monoisotopic (exact) mass is 355 g/mol. The molecule has 1 amide bonds. The molecule has 1 unspecified atom stereocenters. The third-order valence-corrected chi connectivity index (χ3v) is 5.56. The first-order valence-electron chi connectivity index (χ1n) is 7.55. The average molecular weight is 356 g/mol. The molecule has 0 bridgehead atoms. The van der Waals surface area contributed by atoms with Crippen LogP contribution in [0.25, 0.3) is 10.9 Å². The number of benzene rings is 1. The molecule has 0 saturated carbocycles. The van der Waals surface area contributed by atoms with Gasteiger partial charge in [-0.25, -0.2) is 9.97 Å². The molecule has 0 N–H and O–H groups in total. The fourth-order valence-electron chi connectivity index (χ4n) is 2.91. The van der Waals surface area contributed by atoms with E-state index in [0.717, 1.165) is 22.0 Å². The molecule has 3 aromatic rings. The second-order valence-electron chi connectivity index (χ2n) is 5.63. The number of hydrogen-bond acceptors (Lipinski definition) is 4. The molecule has 2 aromatic heterocycles. The Morgan fingerprint density at radius 2 is 2.12 bits per heavy atom. The van der Waals surface area contributed by atoms with Crippen LogP contribution in [0.4, 0.5) is 5.82 Å². The van der Waals surface area contributed by atoms with E-state index in [-0.39, 0.29) is 11.3 Å². The first-order chi connectivity index (χ1) is 11.6. The van der Waals surface area contributed by atoms with E-state index in [0.29, 0.717) is 16.7 Å². The van der Waals surface area contributed by atoms with Crippen LogP contribution < -0.4 is 4.90 Å². The van der Waals surface area contributed by atoms with E-state index < -0.39 is 0 Å². The van der Waals surface area contributed by atoms with Crippen LogP contribution in [-0.4, -0.2) is 21.6 Å². The Hall–Kier alpha value is -2.11. The van der Waals surface area contributed by atoms with Crippen molar-refractivity contribution in [2.45, 2.75) is 12.3 Å². The highest BCUT2D eigenvalue weighted by molar-refractivity contribution is 8.00. The molecule has 1 aliphatic heterocycles. The van der Waals surface area contributed by atoms with Gasteiger partial charge in [-0.2, -0.15) is 0 Å². The van der Waals surface area contributed by atoms with Crippen molar-refractivity contribution in [2.24, 2.45) is 0 Å². The maximum atomic E-state index is 12.4. The molecule has 1 fully saturated rings. The van der Waals surface area contributed by atoms with E-state index in [2.05, 4.69) is 9.97 Å². The number of pyridine rings is 2. The van der Waals surface area contributed by atoms with E-state index in [4.69, 9.17) is 11.6 Å². The SMILES string of the molecule is Cc1cccc2cc(C3SCC(=O)N3c3ccccn3)c(Cl)nc12. The highest BCUT2D eigenvalue weighted by Crippen LogP contribution is 2.43. The Labute approximate surface area is 148 Å². The number of para-hydroxylation sites is 1. The number of rotatable bonds is 2. The van der Waals surface area contributed by atoms with E-state index in [1.165, 1.54) is 0 Å². The molecular formula is C18H14ClN3OS. The van der Waals surface area contributed by atoms with E-state index in [1.807, 2.05) is 49.4 Å². The molecule has 0 aliphatic carbocycles. The van der Waals surface area contributed by atoms with Crippen LogP contribution in [0.2, 0.25) is 5.15 Å². The maximum absolute atomic E-state index is 12.4. The predicted molar refractivity (Wildman–Crippen MR) is 98.4 cm³/mol. The van der Waals surface area contributed by atoms with Crippen molar-refractivity contribution in [1.82, 2.24) is 9.97 Å². The summed E-state index contributed by atoms with van der Waals surface area (Å²) in [6, 6.07) is 13.6. The second kappa shape index (κ2) is 6.07. The molecule has 1 atom stereocenters. The summed E-state index contributed by atoms with van der Waals surface area (Å²) >= 11 is 8.02. The first kappa shape index (κ1) is 15.4. The van der Waals surface area contributed by atoms with Gasteiger partial charge in [0.25, 0.3) is 0 Å². The van der Waals surface area contributed by atoms with Crippen molar-refractivity contribution in [3.63, 3.8) is 0 Å². The molecule has 0 radical (unpaired) electrons. The number of carbonyl (C=O) groups is 1. The molecule has 4 nitrogen and oxygen atoms in total. The Balaban J connectivity index is 1.84. The number of amides is 1. The lowest BCUT2D eigenvalue weighted by Crippen LogP contribution is -2.28. The second-order valence-corrected chi connectivity index (χ2v) is 7.06. The molecule has 1 saturated heterocycles. The smallest absolute Gasteiger partial charge is 0.239 e. The molecular weight excluding hydrogens is 342 g/mol. The molecule has 4 rings (SSSR count). The van der Waals surface area contributed by atoms with Gasteiger partial charge in [0, 0.05) is 17.1 Å². The van der Waals surface area contributed by atoms with Crippen molar-refractivity contribution < 1.29 is 4.79 Å². The molecule has 24 heavy (non-hydrogen) atoms. The van der Waals surface area contributed by atoms with Crippen LogP contribution in [0.1, 0.15) is 16.5 Å². The maximum Gasteiger partial charge on any atom is 0.239 e. The minimum Gasteiger partial charge on any atom is -0.279 e. The average Bonchev–Trinajstić information content (AvgIpc) is 2.97. The first-order valence-corrected chi connectivity index (χ1v) is 8.98. The summed E-state index contributed by atoms with van der Waals surface area (Å²) < 4.78 is 0. The van der Waals surface area contributed by atoms with Crippen LogP contribution >= 0.6 is 23.4 Å². The molecule has 6 heteroatoms. The fourth-order valence-corrected chi connectivity index (χ4v) is 4.39. The highest BCUT2D eigenvalue weighted by atomic mass is 35.5. The van der Waals surface area contributed by atoms with Crippen molar-refractivity contribution in [1.29, 1.82) is 0 Å².